The summed E-state index contributed by atoms with van der Waals surface area (Å²) in [7, 11) is 0. The van der Waals surface area contributed by atoms with Crippen molar-refractivity contribution in [1.82, 2.24) is 10.2 Å². The second kappa shape index (κ2) is 8.71. The first-order valence-electron chi connectivity index (χ1n) is 9.66. The van der Waals surface area contributed by atoms with Crippen LogP contribution in [0.1, 0.15) is 24.3 Å². The molecule has 6 nitrogen and oxygen atoms in total. The summed E-state index contributed by atoms with van der Waals surface area (Å²) < 4.78 is 37.2. The van der Waals surface area contributed by atoms with Crippen LogP contribution in [0.15, 0.2) is 30.3 Å². The molecule has 1 spiro atoms. The Hall–Kier alpha value is -2.13. The Kier molecular flexibility index (Phi) is 6.48. The van der Waals surface area contributed by atoms with E-state index in [1.807, 2.05) is 6.07 Å². The molecule has 29 heavy (non-hydrogen) atoms. The molecule has 1 amide bonds. The number of likely N-dealkylation sites (tertiary alicyclic amines) is 1. The Morgan fingerprint density at radius 1 is 1.31 bits per heavy atom. The van der Waals surface area contributed by atoms with E-state index in [2.05, 4.69) is 34.5 Å². The third kappa shape index (κ3) is 4.90. The van der Waals surface area contributed by atoms with Gasteiger partial charge in [-0.3, -0.25) is 4.79 Å². The predicted octanol–water partition coefficient (Wildman–Crippen LogP) is 2.26. The highest BCUT2D eigenvalue weighted by atomic mass is 19.4. The van der Waals surface area contributed by atoms with Crippen LogP contribution in [0, 0.1) is 11.3 Å². The number of hydrogen-bond acceptors (Lipinski definition) is 4. The first kappa shape index (κ1) is 21.6. The summed E-state index contributed by atoms with van der Waals surface area (Å²) in [6.07, 6.45) is -2.96. The SMILES string of the molecule is O=C(O)C(F)(F)F.O=C1NCC[C@]12CN(CC1CCOC1)C[C@H]2c1ccccc1. The van der Waals surface area contributed by atoms with Crippen molar-refractivity contribution in [2.45, 2.75) is 24.9 Å². The van der Waals surface area contributed by atoms with E-state index in [-0.39, 0.29) is 11.3 Å². The largest absolute Gasteiger partial charge is 0.490 e. The van der Waals surface area contributed by atoms with Gasteiger partial charge in [-0.25, -0.2) is 4.79 Å². The number of carbonyl (C=O) groups excluding carboxylic acids is 1. The van der Waals surface area contributed by atoms with E-state index in [1.54, 1.807) is 0 Å². The van der Waals surface area contributed by atoms with E-state index in [0.717, 1.165) is 52.2 Å². The molecule has 3 fully saturated rings. The van der Waals surface area contributed by atoms with Gasteiger partial charge in [0.05, 0.1) is 12.0 Å². The molecule has 1 aromatic rings. The first-order chi connectivity index (χ1) is 13.7. The quantitative estimate of drug-likeness (QED) is 0.793. The molecule has 3 atom stereocenters. The topological polar surface area (TPSA) is 78.9 Å². The molecule has 1 aromatic carbocycles. The number of carboxylic acid groups (broad SMARTS) is 1. The number of nitrogens with one attached hydrogen (secondary N) is 1. The van der Waals surface area contributed by atoms with Gasteiger partial charge in [-0.2, -0.15) is 13.2 Å². The maximum Gasteiger partial charge on any atom is 0.490 e. The van der Waals surface area contributed by atoms with Crippen LogP contribution in [0.5, 0.6) is 0 Å². The van der Waals surface area contributed by atoms with Crippen molar-refractivity contribution in [2.75, 3.05) is 39.4 Å². The molecule has 0 saturated carbocycles. The summed E-state index contributed by atoms with van der Waals surface area (Å²) in [6.45, 7) is 5.56. The number of amides is 1. The molecule has 0 radical (unpaired) electrons. The lowest BCUT2D eigenvalue weighted by molar-refractivity contribution is -0.192. The number of aliphatic carboxylic acids is 1. The van der Waals surface area contributed by atoms with Gasteiger partial charge in [-0.1, -0.05) is 30.3 Å². The normalized spacial score (nSPS) is 29.6. The molecule has 1 unspecified atom stereocenters. The van der Waals surface area contributed by atoms with E-state index in [4.69, 9.17) is 14.6 Å². The lowest BCUT2D eigenvalue weighted by Crippen LogP contribution is -2.38. The Morgan fingerprint density at radius 3 is 2.52 bits per heavy atom. The van der Waals surface area contributed by atoms with Gasteiger partial charge in [0.25, 0.3) is 0 Å². The van der Waals surface area contributed by atoms with Gasteiger partial charge >= 0.3 is 12.1 Å². The van der Waals surface area contributed by atoms with Crippen molar-refractivity contribution < 1.29 is 32.6 Å². The molecular formula is C20H25F3N2O4. The minimum atomic E-state index is -5.08. The highest BCUT2D eigenvalue weighted by Crippen LogP contribution is 2.47. The third-order valence-electron chi connectivity index (χ3n) is 5.91. The van der Waals surface area contributed by atoms with Crippen molar-refractivity contribution in [3.63, 3.8) is 0 Å². The Balaban J connectivity index is 0.000000298. The number of hydrogen-bond donors (Lipinski definition) is 2. The van der Waals surface area contributed by atoms with Gasteiger partial charge < -0.3 is 20.1 Å². The lowest BCUT2D eigenvalue weighted by atomic mass is 9.73. The molecule has 3 aliphatic heterocycles. The van der Waals surface area contributed by atoms with Crippen molar-refractivity contribution in [3.05, 3.63) is 35.9 Å². The fourth-order valence-electron chi connectivity index (χ4n) is 4.52. The molecule has 2 N–H and O–H groups in total. The standard InChI is InChI=1S/C18H24N2O2.C2HF3O2/c21-17-18(7-8-19-17)13-20(10-14-6-9-22-12-14)11-16(18)15-4-2-1-3-5-15;3-2(4,5)1(6)7/h1-5,14,16H,6-13H2,(H,19,21);(H,6,7)/t14?,16-,18+;/m0./s1. The molecule has 160 valence electrons. The van der Waals surface area contributed by atoms with E-state index in [9.17, 15) is 18.0 Å². The lowest BCUT2D eigenvalue weighted by Gasteiger charge is -2.27. The predicted molar refractivity (Wildman–Crippen MR) is 98.3 cm³/mol. The molecule has 9 heteroatoms. The zero-order chi connectivity index (χ0) is 21.1. The maximum absolute atomic E-state index is 12.6. The average molecular weight is 414 g/mol. The Bertz CT molecular complexity index is 722. The molecule has 4 rings (SSSR count). The van der Waals surface area contributed by atoms with Crippen LogP contribution in [0.3, 0.4) is 0 Å². The average Bonchev–Trinajstić information content (AvgIpc) is 3.39. The minimum absolute atomic E-state index is 0.221. The second-order valence-corrected chi connectivity index (χ2v) is 7.85. The Morgan fingerprint density at radius 2 is 2.00 bits per heavy atom. The van der Waals surface area contributed by atoms with Crippen LogP contribution in [0.25, 0.3) is 0 Å². The van der Waals surface area contributed by atoms with Gasteiger partial charge in [0.1, 0.15) is 0 Å². The summed E-state index contributed by atoms with van der Waals surface area (Å²) >= 11 is 0. The van der Waals surface area contributed by atoms with Crippen LogP contribution >= 0.6 is 0 Å². The molecule has 0 aromatic heterocycles. The van der Waals surface area contributed by atoms with Crippen LogP contribution in [0.4, 0.5) is 13.2 Å². The van der Waals surface area contributed by atoms with Crippen molar-refractivity contribution in [2.24, 2.45) is 11.3 Å². The number of carbonyl (C=O) groups is 2. The van der Waals surface area contributed by atoms with Gasteiger partial charge in [-0.15, -0.1) is 0 Å². The number of ether oxygens (including phenoxy) is 1. The summed E-state index contributed by atoms with van der Waals surface area (Å²) in [5.74, 6) is -1.55. The van der Waals surface area contributed by atoms with Gasteiger partial charge in [0.2, 0.25) is 5.91 Å². The van der Waals surface area contributed by atoms with Crippen molar-refractivity contribution >= 4 is 11.9 Å². The number of halogens is 3. The van der Waals surface area contributed by atoms with Crippen molar-refractivity contribution in [1.29, 1.82) is 0 Å². The second-order valence-electron chi connectivity index (χ2n) is 7.85. The molecular weight excluding hydrogens is 389 g/mol. The number of nitrogens with zero attached hydrogens (tertiary/aromatic N) is 1. The maximum atomic E-state index is 12.6. The van der Waals surface area contributed by atoms with E-state index < -0.39 is 12.1 Å². The number of carboxylic acids is 1. The van der Waals surface area contributed by atoms with E-state index >= 15 is 0 Å². The van der Waals surface area contributed by atoms with Gasteiger partial charge in [0.15, 0.2) is 0 Å². The van der Waals surface area contributed by atoms with Crippen LogP contribution < -0.4 is 5.32 Å². The molecule has 0 aliphatic carbocycles. The summed E-state index contributed by atoms with van der Waals surface area (Å²) in [4.78, 5) is 24.0. The van der Waals surface area contributed by atoms with Gasteiger partial charge in [0, 0.05) is 38.7 Å². The van der Waals surface area contributed by atoms with Crippen LogP contribution in [0.2, 0.25) is 0 Å². The zero-order valence-electron chi connectivity index (χ0n) is 16.0. The van der Waals surface area contributed by atoms with E-state index in [0.29, 0.717) is 11.8 Å². The zero-order valence-corrected chi connectivity index (χ0v) is 16.0. The third-order valence-corrected chi connectivity index (χ3v) is 5.91. The fraction of sp³-hybridized carbons (Fsp3) is 0.600. The number of benzene rings is 1. The minimum Gasteiger partial charge on any atom is -0.475 e. The highest BCUT2D eigenvalue weighted by Gasteiger charge is 2.54. The summed E-state index contributed by atoms with van der Waals surface area (Å²) in [6, 6.07) is 10.6. The Labute approximate surface area is 167 Å². The first-order valence-corrected chi connectivity index (χ1v) is 9.66. The van der Waals surface area contributed by atoms with Gasteiger partial charge in [-0.05, 0) is 24.3 Å². The van der Waals surface area contributed by atoms with Crippen LogP contribution in [-0.4, -0.2) is 67.5 Å². The fourth-order valence-corrected chi connectivity index (χ4v) is 4.52. The van der Waals surface area contributed by atoms with E-state index in [1.165, 1.54) is 5.56 Å². The molecule has 3 heterocycles. The monoisotopic (exact) mass is 414 g/mol. The number of alkyl halides is 3. The molecule has 3 saturated heterocycles. The molecule has 0 bridgehead atoms. The number of rotatable bonds is 3. The van der Waals surface area contributed by atoms with Crippen molar-refractivity contribution in [3.8, 4) is 0 Å². The summed E-state index contributed by atoms with van der Waals surface area (Å²) in [5.41, 5.74) is 1.09. The van der Waals surface area contributed by atoms with Crippen LogP contribution in [-0.2, 0) is 14.3 Å². The smallest absolute Gasteiger partial charge is 0.475 e. The summed E-state index contributed by atoms with van der Waals surface area (Å²) in [5, 5.41) is 10.2. The molecule has 3 aliphatic rings. The highest BCUT2D eigenvalue weighted by molar-refractivity contribution is 5.86.